The van der Waals surface area contributed by atoms with Crippen molar-refractivity contribution in [3.05, 3.63) is 0 Å². The van der Waals surface area contributed by atoms with Gasteiger partial charge in [-0.2, -0.15) is 0 Å². The van der Waals surface area contributed by atoms with Crippen molar-refractivity contribution in [2.45, 2.75) is 13.0 Å². The van der Waals surface area contributed by atoms with Gasteiger partial charge in [0.1, 0.15) is 0 Å². The summed E-state index contributed by atoms with van der Waals surface area (Å²) in [6.07, 6.45) is 0.0536. The molecule has 0 aromatic heterocycles. The van der Waals surface area contributed by atoms with Crippen molar-refractivity contribution in [2.24, 2.45) is 0 Å². The molecule has 5 nitrogen and oxygen atoms in total. The van der Waals surface area contributed by atoms with E-state index in [-0.39, 0.29) is 12.0 Å². The Labute approximate surface area is 85.1 Å². The lowest BCUT2D eigenvalue weighted by Crippen LogP contribution is -2.38. The van der Waals surface area contributed by atoms with Gasteiger partial charge < -0.3 is 20.1 Å². The molecule has 0 rings (SSSR count). The van der Waals surface area contributed by atoms with Crippen molar-refractivity contribution in [2.75, 3.05) is 40.5 Å². The lowest BCUT2D eigenvalue weighted by molar-refractivity contribution is -0.120. The highest BCUT2D eigenvalue weighted by Gasteiger charge is 2.02. The summed E-state index contributed by atoms with van der Waals surface area (Å²) < 4.78 is 9.81. The van der Waals surface area contributed by atoms with Crippen LogP contribution >= 0.6 is 0 Å². The molecule has 0 aliphatic heterocycles. The lowest BCUT2D eigenvalue weighted by Gasteiger charge is -2.10. The van der Waals surface area contributed by atoms with Crippen LogP contribution in [0.2, 0.25) is 0 Å². The van der Waals surface area contributed by atoms with Crippen LogP contribution in [-0.4, -0.2) is 52.5 Å². The van der Waals surface area contributed by atoms with Gasteiger partial charge in [-0.25, -0.2) is 0 Å². The van der Waals surface area contributed by atoms with Gasteiger partial charge in [0.2, 0.25) is 5.91 Å². The van der Waals surface area contributed by atoms with E-state index >= 15 is 0 Å². The first-order valence-electron chi connectivity index (χ1n) is 4.69. The Hall–Kier alpha value is -0.650. The van der Waals surface area contributed by atoms with Gasteiger partial charge in [-0.15, -0.1) is 0 Å². The fourth-order valence-corrected chi connectivity index (χ4v) is 0.780. The molecule has 0 aromatic rings. The summed E-state index contributed by atoms with van der Waals surface area (Å²) in [6.45, 7) is 4.06. The second-order valence-corrected chi connectivity index (χ2v) is 3.02. The SMILES string of the molecule is COCCNCC(=O)NCC(C)OC. The largest absolute Gasteiger partial charge is 0.383 e. The molecule has 0 saturated heterocycles. The van der Waals surface area contributed by atoms with Crippen LogP contribution in [0.1, 0.15) is 6.92 Å². The zero-order chi connectivity index (χ0) is 10.8. The molecule has 1 unspecified atom stereocenters. The average molecular weight is 204 g/mol. The van der Waals surface area contributed by atoms with Crippen LogP contribution in [-0.2, 0) is 14.3 Å². The van der Waals surface area contributed by atoms with Crippen LogP contribution in [0.5, 0.6) is 0 Å². The number of methoxy groups -OCH3 is 2. The average Bonchev–Trinajstić information content (AvgIpc) is 2.21. The topological polar surface area (TPSA) is 59.6 Å². The smallest absolute Gasteiger partial charge is 0.234 e. The molecular weight excluding hydrogens is 184 g/mol. The first-order valence-corrected chi connectivity index (χ1v) is 4.69. The number of rotatable bonds is 8. The number of hydrogen-bond acceptors (Lipinski definition) is 4. The van der Waals surface area contributed by atoms with E-state index in [9.17, 15) is 4.79 Å². The standard InChI is InChI=1S/C9H20N2O3/c1-8(14-3)6-11-9(12)7-10-4-5-13-2/h8,10H,4-7H2,1-3H3,(H,11,12). The molecule has 5 heteroatoms. The molecule has 0 saturated carbocycles. The molecule has 0 radical (unpaired) electrons. The molecule has 84 valence electrons. The fourth-order valence-electron chi connectivity index (χ4n) is 0.780. The minimum absolute atomic E-state index is 0.0231. The maximum atomic E-state index is 11.2. The summed E-state index contributed by atoms with van der Waals surface area (Å²) in [4.78, 5) is 11.2. The summed E-state index contributed by atoms with van der Waals surface area (Å²) in [7, 11) is 3.25. The molecule has 14 heavy (non-hydrogen) atoms. The van der Waals surface area contributed by atoms with E-state index in [0.29, 0.717) is 26.2 Å². The Bertz CT molecular complexity index is 153. The molecule has 0 aliphatic carbocycles. The molecular formula is C9H20N2O3. The van der Waals surface area contributed by atoms with Crippen molar-refractivity contribution >= 4 is 5.91 Å². The Balaban J connectivity index is 3.28. The van der Waals surface area contributed by atoms with Gasteiger partial charge in [0.25, 0.3) is 0 Å². The molecule has 0 aromatic carbocycles. The Morgan fingerprint density at radius 2 is 2.14 bits per heavy atom. The highest BCUT2D eigenvalue weighted by Crippen LogP contribution is 1.82. The van der Waals surface area contributed by atoms with E-state index < -0.39 is 0 Å². The Kier molecular flexibility index (Phi) is 8.51. The van der Waals surface area contributed by atoms with Crippen molar-refractivity contribution in [3.8, 4) is 0 Å². The summed E-state index contributed by atoms with van der Waals surface area (Å²) in [6, 6.07) is 0. The van der Waals surface area contributed by atoms with Crippen LogP contribution in [0.4, 0.5) is 0 Å². The Morgan fingerprint density at radius 3 is 2.71 bits per heavy atom. The highest BCUT2D eigenvalue weighted by molar-refractivity contribution is 5.77. The number of ether oxygens (including phenoxy) is 2. The number of hydrogen-bond donors (Lipinski definition) is 2. The van der Waals surface area contributed by atoms with Crippen LogP contribution < -0.4 is 10.6 Å². The summed E-state index contributed by atoms with van der Waals surface area (Å²) in [5.41, 5.74) is 0. The normalized spacial score (nSPS) is 12.5. The Morgan fingerprint density at radius 1 is 1.43 bits per heavy atom. The quantitative estimate of drug-likeness (QED) is 0.517. The van der Waals surface area contributed by atoms with Gasteiger partial charge in [0.05, 0.1) is 19.3 Å². The maximum absolute atomic E-state index is 11.2. The van der Waals surface area contributed by atoms with E-state index in [0.717, 1.165) is 0 Å². The molecule has 0 fully saturated rings. The van der Waals surface area contributed by atoms with Gasteiger partial charge >= 0.3 is 0 Å². The summed E-state index contributed by atoms with van der Waals surface area (Å²) in [5.74, 6) is -0.0231. The lowest BCUT2D eigenvalue weighted by atomic mass is 10.4. The van der Waals surface area contributed by atoms with Crippen LogP contribution in [0.15, 0.2) is 0 Å². The van der Waals surface area contributed by atoms with E-state index in [1.54, 1.807) is 14.2 Å². The van der Waals surface area contributed by atoms with Crippen molar-refractivity contribution in [1.82, 2.24) is 10.6 Å². The third kappa shape index (κ3) is 7.97. The zero-order valence-electron chi connectivity index (χ0n) is 9.13. The predicted octanol–water partition coefficient (Wildman–Crippen LogP) is -0.626. The van der Waals surface area contributed by atoms with E-state index in [2.05, 4.69) is 10.6 Å². The second kappa shape index (κ2) is 8.93. The summed E-state index contributed by atoms with van der Waals surface area (Å²) in [5, 5.41) is 5.69. The van der Waals surface area contributed by atoms with Crippen molar-refractivity contribution in [3.63, 3.8) is 0 Å². The number of carbonyl (C=O) groups excluding carboxylic acids is 1. The molecule has 1 amide bonds. The fraction of sp³-hybridized carbons (Fsp3) is 0.889. The van der Waals surface area contributed by atoms with Crippen LogP contribution in [0.3, 0.4) is 0 Å². The first-order chi connectivity index (χ1) is 6.70. The van der Waals surface area contributed by atoms with Crippen LogP contribution in [0.25, 0.3) is 0 Å². The highest BCUT2D eigenvalue weighted by atomic mass is 16.5. The number of carbonyl (C=O) groups is 1. The number of amides is 1. The molecule has 0 bridgehead atoms. The van der Waals surface area contributed by atoms with Gasteiger partial charge in [-0.1, -0.05) is 0 Å². The monoisotopic (exact) mass is 204 g/mol. The van der Waals surface area contributed by atoms with Crippen molar-refractivity contribution < 1.29 is 14.3 Å². The molecule has 0 spiro atoms. The second-order valence-electron chi connectivity index (χ2n) is 3.02. The van der Waals surface area contributed by atoms with E-state index in [4.69, 9.17) is 9.47 Å². The minimum atomic E-state index is -0.0231. The van der Waals surface area contributed by atoms with E-state index in [1.807, 2.05) is 6.92 Å². The van der Waals surface area contributed by atoms with Gasteiger partial charge in [0, 0.05) is 27.3 Å². The van der Waals surface area contributed by atoms with Gasteiger partial charge in [-0.3, -0.25) is 4.79 Å². The zero-order valence-corrected chi connectivity index (χ0v) is 9.13. The van der Waals surface area contributed by atoms with E-state index in [1.165, 1.54) is 0 Å². The predicted molar refractivity (Wildman–Crippen MR) is 54.2 cm³/mol. The third-order valence-electron chi connectivity index (χ3n) is 1.76. The molecule has 2 N–H and O–H groups in total. The summed E-state index contributed by atoms with van der Waals surface area (Å²) >= 11 is 0. The first kappa shape index (κ1) is 13.4. The van der Waals surface area contributed by atoms with Crippen LogP contribution in [0, 0.1) is 0 Å². The van der Waals surface area contributed by atoms with Gasteiger partial charge in [0.15, 0.2) is 0 Å². The number of nitrogens with one attached hydrogen (secondary N) is 2. The minimum Gasteiger partial charge on any atom is -0.383 e. The third-order valence-corrected chi connectivity index (χ3v) is 1.76. The van der Waals surface area contributed by atoms with Gasteiger partial charge in [-0.05, 0) is 6.92 Å². The van der Waals surface area contributed by atoms with Crippen molar-refractivity contribution in [1.29, 1.82) is 0 Å². The molecule has 1 atom stereocenters. The maximum Gasteiger partial charge on any atom is 0.234 e. The molecule has 0 heterocycles. The molecule has 0 aliphatic rings.